The average molecular weight is 318 g/mol. The summed E-state index contributed by atoms with van der Waals surface area (Å²) in [7, 11) is 0. The first kappa shape index (κ1) is 15.1. The van der Waals surface area contributed by atoms with Gasteiger partial charge in [-0.05, 0) is 42.3 Å². The monoisotopic (exact) mass is 318 g/mol. The predicted octanol–water partition coefficient (Wildman–Crippen LogP) is 3.46. The Bertz CT molecular complexity index is 832. The molecule has 0 saturated heterocycles. The van der Waals surface area contributed by atoms with Crippen molar-refractivity contribution >= 4 is 17.6 Å². The molecule has 4 heteroatoms. The summed E-state index contributed by atoms with van der Waals surface area (Å²) >= 11 is 1.56. The molecule has 0 amide bonds. The Labute approximate surface area is 139 Å². The van der Waals surface area contributed by atoms with E-state index in [1.807, 2.05) is 36.4 Å². The van der Waals surface area contributed by atoms with Gasteiger partial charge < -0.3 is 4.79 Å². The second-order valence-corrected chi connectivity index (χ2v) is 6.12. The fourth-order valence-electron chi connectivity index (χ4n) is 2.18. The lowest BCUT2D eigenvalue weighted by atomic mass is 10.0. The van der Waals surface area contributed by atoms with E-state index in [1.165, 1.54) is 0 Å². The van der Waals surface area contributed by atoms with E-state index in [-0.39, 0.29) is 5.92 Å². The average Bonchev–Trinajstić information content (AvgIpc) is 3.08. The van der Waals surface area contributed by atoms with Gasteiger partial charge in [0.1, 0.15) is 6.29 Å². The van der Waals surface area contributed by atoms with Crippen LogP contribution in [0.1, 0.15) is 26.8 Å². The highest BCUT2D eigenvalue weighted by atomic mass is 32.1. The zero-order valence-corrected chi connectivity index (χ0v) is 13.2. The molecule has 0 fully saturated rings. The third-order valence-corrected chi connectivity index (χ3v) is 4.46. The Kier molecular flexibility index (Phi) is 4.92. The van der Waals surface area contributed by atoms with Crippen molar-refractivity contribution in [1.82, 2.24) is 9.97 Å². The number of carbonyl (C=O) groups is 1. The van der Waals surface area contributed by atoms with Crippen LogP contribution in [-0.2, 0) is 11.2 Å². The standard InChI is InChI=1S/C19H14N2OS/c22-14-17(11-16-4-2-10-21-13-16)19-8-7-18(23-19)6-5-15-3-1-9-20-12-15/h1-4,7-10,12-14,17H,11H2. The van der Waals surface area contributed by atoms with Crippen molar-refractivity contribution in [3.05, 3.63) is 82.1 Å². The van der Waals surface area contributed by atoms with Crippen molar-refractivity contribution in [2.75, 3.05) is 0 Å². The molecule has 1 atom stereocenters. The topological polar surface area (TPSA) is 42.9 Å². The summed E-state index contributed by atoms with van der Waals surface area (Å²) < 4.78 is 0. The first-order chi connectivity index (χ1) is 11.3. The summed E-state index contributed by atoms with van der Waals surface area (Å²) in [6.45, 7) is 0. The van der Waals surface area contributed by atoms with Gasteiger partial charge in [0.05, 0.1) is 10.8 Å². The SMILES string of the molecule is O=CC(Cc1cccnc1)c1ccc(C#Cc2cccnc2)s1. The molecule has 3 heterocycles. The highest BCUT2D eigenvalue weighted by molar-refractivity contribution is 7.12. The Morgan fingerprint density at radius 2 is 1.87 bits per heavy atom. The number of carbonyl (C=O) groups excluding carboxylic acids is 1. The van der Waals surface area contributed by atoms with Crippen LogP contribution >= 0.6 is 11.3 Å². The summed E-state index contributed by atoms with van der Waals surface area (Å²) in [5.41, 5.74) is 1.94. The number of pyridine rings is 2. The van der Waals surface area contributed by atoms with Crippen LogP contribution in [0.5, 0.6) is 0 Å². The molecule has 3 rings (SSSR count). The molecule has 112 valence electrons. The predicted molar refractivity (Wildman–Crippen MR) is 91.3 cm³/mol. The van der Waals surface area contributed by atoms with Crippen LogP contribution in [0.15, 0.2) is 61.2 Å². The van der Waals surface area contributed by atoms with Crippen LogP contribution in [0.2, 0.25) is 0 Å². The van der Waals surface area contributed by atoms with Gasteiger partial charge in [-0.1, -0.05) is 17.9 Å². The lowest BCUT2D eigenvalue weighted by Gasteiger charge is -2.07. The van der Waals surface area contributed by atoms with Crippen LogP contribution in [0.3, 0.4) is 0 Å². The Balaban J connectivity index is 1.75. The molecule has 3 nitrogen and oxygen atoms in total. The van der Waals surface area contributed by atoms with E-state index in [9.17, 15) is 4.79 Å². The quantitative estimate of drug-likeness (QED) is 0.546. The molecule has 0 saturated carbocycles. The largest absolute Gasteiger partial charge is 0.303 e. The highest BCUT2D eigenvalue weighted by Gasteiger charge is 2.13. The van der Waals surface area contributed by atoms with E-state index in [4.69, 9.17) is 0 Å². The van der Waals surface area contributed by atoms with Crippen LogP contribution in [0, 0.1) is 11.8 Å². The molecule has 0 aliphatic rings. The Morgan fingerprint density at radius 1 is 1.04 bits per heavy atom. The van der Waals surface area contributed by atoms with Gasteiger partial charge in [0.25, 0.3) is 0 Å². The number of rotatable bonds is 4. The first-order valence-corrected chi connectivity index (χ1v) is 8.03. The van der Waals surface area contributed by atoms with Gasteiger partial charge >= 0.3 is 0 Å². The van der Waals surface area contributed by atoms with Crippen LogP contribution < -0.4 is 0 Å². The molecule has 0 aliphatic carbocycles. The van der Waals surface area contributed by atoms with Gasteiger partial charge in [0.15, 0.2) is 0 Å². The van der Waals surface area contributed by atoms with E-state index in [0.29, 0.717) is 6.42 Å². The molecule has 0 N–H and O–H groups in total. The van der Waals surface area contributed by atoms with E-state index in [0.717, 1.165) is 27.2 Å². The molecule has 0 aliphatic heterocycles. The van der Waals surface area contributed by atoms with Crippen molar-refractivity contribution in [3.8, 4) is 11.8 Å². The fourth-order valence-corrected chi connectivity index (χ4v) is 3.10. The van der Waals surface area contributed by atoms with Gasteiger partial charge in [-0.3, -0.25) is 9.97 Å². The third-order valence-electron chi connectivity index (χ3n) is 3.33. The molecule has 0 aromatic carbocycles. The maximum Gasteiger partial charge on any atom is 0.128 e. The van der Waals surface area contributed by atoms with E-state index in [1.54, 1.807) is 36.1 Å². The maximum absolute atomic E-state index is 11.4. The lowest BCUT2D eigenvalue weighted by Crippen LogP contribution is -2.02. The van der Waals surface area contributed by atoms with Crippen molar-refractivity contribution in [2.24, 2.45) is 0 Å². The Hall–Kier alpha value is -2.77. The molecule has 3 aromatic heterocycles. The van der Waals surface area contributed by atoms with Gasteiger partial charge in [0.2, 0.25) is 0 Å². The zero-order chi connectivity index (χ0) is 15.9. The van der Waals surface area contributed by atoms with E-state index < -0.39 is 0 Å². The summed E-state index contributed by atoms with van der Waals surface area (Å²) in [6, 6.07) is 11.6. The molecular weight excluding hydrogens is 304 g/mol. The van der Waals surface area contributed by atoms with Crippen molar-refractivity contribution in [1.29, 1.82) is 0 Å². The number of thiophene rings is 1. The number of aromatic nitrogens is 2. The number of hydrogen-bond acceptors (Lipinski definition) is 4. The molecule has 1 unspecified atom stereocenters. The summed E-state index contributed by atoms with van der Waals surface area (Å²) in [5, 5.41) is 0. The van der Waals surface area contributed by atoms with Gasteiger partial charge in [-0.25, -0.2) is 0 Å². The smallest absolute Gasteiger partial charge is 0.128 e. The summed E-state index contributed by atoms with van der Waals surface area (Å²) in [6.07, 6.45) is 8.65. The fraction of sp³-hybridized carbons (Fsp3) is 0.105. The molecule has 3 aromatic rings. The number of nitrogens with zero attached hydrogens (tertiary/aromatic N) is 2. The normalized spacial score (nSPS) is 11.3. The zero-order valence-electron chi connectivity index (χ0n) is 12.3. The second kappa shape index (κ2) is 7.48. The lowest BCUT2D eigenvalue weighted by molar-refractivity contribution is -0.109. The molecular formula is C19H14N2OS. The first-order valence-electron chi connectivity index (χ1n) is 7.21. The Morgan fingerprint density at radius 3 is 2.57 bits per heavy atom. The van der Waals surface area contributed by atoms with E-state index >= 15 is 0 Å². The minimum atomic E-state index is -0.154. The van der Waals surface area contributed by atoms with Gasteiger partial charge in [0, 0.05) is 35.2 Å². The second-order valence-electron chi connectivity index (χ2n) is 5.00. The van der Waals surface area contributed by atoms with Crippen LogP contribution in [0.4, 0.5) is 0 Å². The summed E-state index contributed by atoms with van der Waals surface area (Å²) in [4.78, 5) is 21.5. The van der Waals surface area contributed by atoms with Crippen molar-refractivity contribution in [2.45, 2.75) is 12.3 Å². The van der Waals surface area contributed by atoms with Gasteiger partial charge in [-0.2, -0.15) is 0 Å². The minimum Gasteiger partial charge on any atom is -0.303 e. The molecule has 0 spiro atoms. The van der Waals surface area contributed by atoms with Gasteiger partial charge in [-0.15, -0.1) is 11.3 Å². The highest BCUT2D eigenvalue weighted by Crippen LogP contribution is 2.26. The van der Waals surface area contributed by atoms with Crippen molar-refractivity contribution in [3.63, 3.8) is 0 Å². The molecule has 0 radical (unpaired) electrons. The number of hydrogen-bond donors (Lipinski definition) is 0. The van der Waals surface area contributed by atoms with Crippen LogP contribution in [0.25, 0.3) is 0 Å². The number of aldehydes is 1. The third kappa shape index (κ3) is 4.12. The van der Waals surface area contributed by atoms with Crippen LogP contribution in [-0.4, -0.2) is 16.3 Å². The minimum absolute atomic E-state index is 0.154. The molecule has 0 bridgehead atoms. The summed E-state index contributed by atoms with van der Waals surface area (Å²) in [5.74, 6) is 6.05. The molecule has 23 heavy (non-hydrogen) atoms. The van der Waals surface area contributed by atoms with E-state index in [2.05, 4.69) is 21.8 Å². The van der Waals surface area contributed by atoms with Crippen molar-refractivity contribution < 1.29 is 4.79 Å². The maximum atomic E-state index is 11.4.